The van der Waals surface area contributed by atoms with Crippen LogP contribution >= 0.6 is 0 Å². The molecule has 0 amide bonds. The largest absolute Gasteiger partial charge is 0.508 e. The Kier molecular flexibility index (Phi) is 4.71. The number of aromatic nitrogens is 4. The van der Waals surface area contributed by atoms with Crippen molar-refractivity contribution < 1.29 is 19.6 Å². The smallest absolute Gasteiger partial charge is 0.465 e. The number of carbonyl (C=O) groups excluding carboxylic acids is 1. The van der Waals surface area contributed by atoms with E-state index in [1.807, 2.05) is 0 Å². The van der Waals surface area contributed by atoms with Gasteiger partial charge in [0.1, 0.15) is 11.3 Å². The Labute approximate surface area is 165 Å². The van der Waals surface area contributed by atoms with E-state index in [4.69, 9.17) is 10.5 Å². The van der Waals surface area contributed by atoms with Gasteiger partial charge in [0.2, 0.25) is 0 Å². The number of imidazole rings is 1. The number of methoxy groups -OCH3 is 1. The molecule has 3 heterocycles. The number of carbonyl (C=O) groups is 1. The van der Waals surface area contributed by atoms with Crippen LogP contribution in [-0.4, -0.2) is 49.8 Å². The van der Waals surface area contributed by atoms with Gasteiger partial charge in [-0.15, -0.1) is 0 Å². The highest BCUT2D eigenvalue weighted by Crippen LogP contribution is 2.29. The molecular weight excluding hydrogens is 373 g/mol. The molecule has 0 saturated heterocycles. The quantitative estimate of drug-likeness (QED) is 0.340. The number of fused-ring (bicyclic) bond motifs is 1. The lowest BCUT2D eigenvalue weighted by Gasteiger charge is -2.11. The van der Waals surface area contributed by atoms with Gasteiger partial charge < -0.3 is 20.5 Å². The maximum atomic E-state index is 11.7. The number of anilines is 1. The molecule has 4 aromatic rings. The van der Waals surface area contributed by atoms with Gasteiger partial charge in [-0.3, -0.25) is 4.57 Å². The molecule has 0 saturated carbocycles. The molecule has 0 fully saturated rings. The molecule has 0 aliphatic heterocycles. The van der Waals surface area contributed by atoms with E-state index in [1.165, 1.54) is 13.2 Å². The molecule has 0 radical (unpaired) electrons. The zero-order valence-corrected chi connectivity index (χ0v) is 15.4. The zero-order valence-electron chi connectivity index (χ0n) is 15.4. The number of hydrogen-bond acceptors (Lipinski definition) is 8. The fourth-order valence-corrected chi connectivity index (χ4v) is 3.01. The van der Waals surface area contributed by atoms with Crippen LogP contribution < -0.4 is 11.3 Å². The Bertz CT molecular complexity index is 1210. The first-order valence-corrected chi connectivity index (χ1v) is 8.64. The van der Waals surface area contributed by atoms with Gasteiger partial charge in [-0.2, -0.15) is 0 Å². The van der Waals surface area contributed by atoms with Crippen LogP contribution in [0.5, 0.6) is 0 Å². The van der Waals surface area contributed by atoms with Crippen molar-refractivity contribution in [1.29, 1.82) is 0 Å². The third-order valence-electron chi connectivity index (χ3n) is 4.42. The summed E-state index contributed by atoms with van der Waals surface area (Å²) >= 11 is 0. The lowest BCUT2D eigenvalue weighted by Crippen LogP contribution is -2.32. The maximum absolute atomic E-state index is 11.7. The molecular formula is C19H16BN5O4. The Morgan fingerprint density at radius 3 is 2.52 bits per heavy atom. The summed E-state index contributed by atoms with van der Waals surface area (Å²) < 4.78 is 6.46. The Hall–Kier alpha value is -3.76. The SMILES string of the molecule is COC(=O)c1ccc(-n2c(-c3cccnc3N)nc3ccc(B(O)O)nc32)cc1. The van der Waals surface area contributed by atoms with Crippen molar-refractivity contribution in [2.75, 3.05) is 12.8 Å². The second-order valence-electron chi connectivity index (χ2n) is 6.20. The number of rotatable bonds is 4. The summed E-state index contributed by atoms with van der Waals surface area (Å²) in [6.07, 6.45) is 1.58. The van der Waals surface area contributed by atoms with Crippen LogP contribution in [0.25, 0.3) is 28.2 Å². The Morgan fingerprint density at radius 1 is 1.10 bits per heavy atom. The number of esters is 1. The Balaban J connectivity index is 1.98. The van der Waals surface area contributed by atoms with Crippen molar-refractivity contribution in [3.05, 3.63) is 60.3 Å². The van der Waals surface area contributed by atoms with Gasteiger partial charge in [-0.25, -0.2) is 19.7 Å². The predicted octanol–water partition coefficient (Wildman–Crippen LogP) is 0.531. The van der Waals surface area contributed by atoms with E-state index >= 15 is 0 Å². The van der Waals surface area contributed by atoms with E-state index in [2.05, 4.69) is 15.0 Å². The Morgan fingerprint density at radius 2 is 1.86 bits per heavy atom. The van der Waals surface area contributed by atoms with Crippen molar-refractivity contribution in [3.63, 3.8) is 0 Å². The number of hydrogen-bond donors (Lipinski definition) is 3. The van der Waals surface area contributed by atoms with Crippen molar-refractivity contribution >= 4 is 35.7 Å². The minimum atomic E-state index is -1.73. The van der Waals surface area contributed by atoms with Crippen LogP contribution in [-0.2, 0) is 4.74 Å². The van der Waals surface area contributed by atoms with Crippen LogP contribution in [0.4, 0.5) is 5.82 Å². The number of nitrogens with two attached hydrogens (primary N) is 1. The summed E-state index contributed by atoms with van der Waals surface area (Å²) in [5.74, 6) is 0.318. The molecule has 10 heteroatoms. The molecule has 29 heavy (non-hydrogen) atoms. The summed E-state index contributed by atoms with van der Waals surface area (Å²) in [4.78, 5) is 24.8. The highest BCUT2D eigenvalue weighted by Gasteiger charge is 2.21. The average Bonchev–Trinajstić information content (AvgIpc) is 3.12. The standard InChI is InChI=1S/C19H16BN5O4/c1-29-19(26)11-4-6-12(7-5-11)25-17(13-3-2-10-22-16(13)21)23-14-8-9-15(20(27)28)24-18(14)25/h2-10,27-28H,1H3,(H2,21,22). The van der Waals surface area contributed by atoms with Crippen molar-refractivity contribution in [2.45, 2.75) is 0 Å². The monoisotopic (exact) mass is 389 g/mol. The fraction of sp³-hybridized carbons (Fsp3) is 0.0526. The summed E-state index contributed by atoms with van der Waals surface area (Å²) in [6.45, 7) is 0. The first kappa shape index (κ1) is 18.6. The van der Waals surface area contributed by atoms with Crippen molar-refractivity contribution in [3.8, 4) is 17.1 Å². The van der Waals surface area contributed by atoms with Crippen LogP contribution in [0.15, 0.2) is 54.7 Å². The highest BCUT2D eigenvalue weighted by molar-refractivity contribution is 6.57. The van der Waals surface area contributed by atoms with E-state index in [-0.39, 0.29) is 11.4 Å². The summed E-state index contributed by atoms with van der Waals surface area (Å²) in [5, 5.41) is 19.0. The van der Waals surface area contributed by atoms with Crippen LogP contribution in [0.2, 0.25) is 0 Å². The van der Waals surface area contributed by atoms with Crippen molar-refractivity contribution in [2.24, 2.45) is 0 Å². The van der Waals surface area contributed by atoms with Gasteiger partial charge in [0, 0.05) is 11.9 Å². The van der Waals surface area contributed by atoms with Crippen LogP contribution in [0, 0.1) is 0 Å². The minimum absolute atomic E-state index is 0.0792. The van der Waals surface area contributed by atoms with Crippen LogP contribution in [0.1, 0.15) is 10.4 Å². The topological polar surface area (TPSA) is 136 Å². The van der Waals surface area contributed by atoms with E-state index in [0.29, 0.717) is 33.8 Å². The zero-order chi connectivity index (χ0) is 20.5. The molecule has 0 spiro atoms. The second kappa shape index (κ2) is 7.34. The summed E-state index contributed by atoms with van der Waals surface area (Å²) in [5.41, 5.74) is 8.70. The van der Waals surface area contributed by atoms with Gasteiger partial charge in [-0.05, 0) is 48.5 Å². The fourth-order valence-electron chi connectivity index (χ4n) is 3.01. The number of pyridine rings is 2. The summed E-state index contributed by atoms with van der Waals surface area (Å²) in [7, 11) is -0.412. The number of ether oxygens (including phenoxy) is 1. The van der Waals surface area contributed by atoms with Crippen molar-refractivity contribution in [1.82, 2.24) is 19.5 Å². The van der Waals surface area contributed by atoms with Gasteiger partial charge in [-0.1, -0.05) is 0 Å². The molecule has 0 atom stereocenters. The molecule has 0 unspecified atom stereocenters. The minimum Gasteiger partial charge on any atom is -0.465 e. The van der Waals surface area contributed by atoms with E-state index in [9.17, 15) is 14.8 Å². The first-order valence-electron chi connectivity index (χ1n) is 8.64. The van der Waals surface area contributed by atoms with E-state index in [0.717, 1.165) is 0 Å². The molecule has 0 aliphatic rings. The molecule has 3 aromatic heterocycles. The average molecular weight is 389 g/mol. The third-order valence-corrected chi connectivity index (χ3v) is 4.42. The predicted molar refractivity (Wildman–Crippen MR) is 108 cm³/mol. The van der Waals surface area contributed by atoms with Gasteiger partial charge in [0.05, 0.1) is 23.8 Å². The van der Waals surface area contributed by atoms with Gasteiger partial charge in [0.25, 0.3) is 0 Å². The second-order valence-corrected chi connectivity index (χ2v) is 6.20. The summed E-state index contributed by atoms with van der Waals surface area (Å²) in [6, 6.07) is 13.3. The molecule has 0 bridgehead atoms. The molecule has 0 aliphatic carbocycles. The molecule has 4 rings (SSSR count). The molecule has 144 valence electrons. The molecule has 1 aromatic carbocycles. The van der Waals surface area contributed by atoms with Gasteiger partial charge >= 0.3 is 13.1 Å². The normalized spacial score (nSPS) is 10.9. The number of nitrogen functional groups attached to an aromatic ring is 1. The van der Waals surface area contributed by atoms with E-state index < -0.39 is 13.1 Å². The number of benzene rings is 1. The molecule has 9 nitrogen and oxygen atoms in total. The maximum Gasteiger partial charge on any atom is 0.508 e. The molecule has 4 N–H and O–H groups in total. The van der Waals surface area contributed by atoms with E-state index in [1.54, 1.807) is 53.2 Å². The van der Waals surface area contributed by atoms with Crippen LogP contribution in [0.3, 0.4) is 0 Å². The third kappa shape index (κ3) is 3.31. The lowest BCUT2D eigenvalue weighted by molar-refractivity contribution is 0.0600. The first-order chi connectivity index (χ1) is 14.0. The number of nitrogens with zero attached hydrogens (tertiary/aromatic N) is 4. The lowest BCUT2D eigenvalue weighted by atomic mass is 9.86. The van der Waals surface area contributed by atoms with Gasteiger partial charge in [0.15, 0.2) is 11.5 Å². The highest BCUT2D eigenvalue weighted by atomic mass is 16.5.